The summed E-state index contributed by atoms with van der Waals surface area (Å²) in [6, 6.07) is 0.244. The van der Waals surface area contributed by atoms with Gasteiger partial charge in [0, 0.05) is 6.54 Å². The summed E-state index contributed by atoms with van der Waals surface area (Å²) in [5.41, 5.74) is 6.85. The van der Waals surface area contributed by atoms with Gasteiger partial charge in [-0.25, -0.2) is 4.79 Å². The van der Waals surface area contributed by atoms with Gasteiger partial charge in [0.25, 0.3) is 0 Å². The first-order chi connectivity index (χ1) is 13.7. The summed E-state index contributed by atoms with van der Waals surface area (Å²) < 4.78 is 7.24. The van der Waals surface area contributed by atoms with E-state index in [1.54, 1.807) is 4.57 Å². The fourth-order valence-corrected chi connectivity index (χ4v) is 3.84. The summed E-state index contributed by atoms with van der Waals surface area (Å²) in [6.45, 7) is 5.62. The smallest absolute Gasteiger partial charge is 0.327 e. The second-order valence-electron chi connectivity index (χ2n) is 7.77. The highest BCUT2D eigenvalue weighted by molar-refractivity contribution is 5.85. The third-order valence-corrected chi connectivity index (χ3v) is 5.56. The van der Waals surface area contributed by atoms with Crippen molar-refractivity contribution in [3.63, 3.8) is 0 Å². The number of nitrogens with zero attached hydrogens (tertiary/aromatic N) is 3. The Bertz CT molecular complexity index is 800. The molecular formula is C20H35ClN6O2. The first-order valence-corrected chi connectivity index (χ1v) is 10.8. The number of aromatic nitrogens is 4. The van der Waals surface area contributed by atoms with Crippen LogP contribution in [0, 0.1) is 5.92 Å². The lowest BCUT2D eigenvalue weighted by molar-refractivity contribution is 0.286. The number of nitrogen functional groups attached to an aromatic ring is 1. The molecule has 0 amide bonds. The van der Waals surface area contributed by atoms with Crippen LogP contribution in [0.4, 0.5) is 5.82 Å². The predicted molar refractivity (Wildman–Crippen MR) is 119 cm³/mol. The van der Waals surface area contributed by atoms with Gasteiger partial charge in [0.1, 0.15) is 5.52 Å². The molecule has 164 valence electrons. The lowest BCUT2D eigenvalue weighted by Crippen LogP contribution is -2.27. The molecule has 1 aliphatic rings. The maximum Gasteiger partial charge on any atom is 0.327 e. The van der Waals surface area contributed by atoms with E-state index in [-0.39, 0.29) is 29.9 Å². The number of H-pyrrole nitrogens is 1. The van der Waals surface area contributed by atoms with Gasteiger partial charge in [-0.05, 0) is 44.7 Å². The number of fused-ring (bicyclic) bond motifs is 1. The van der Waals surface area contributed by atoms with Gasteiger partial charge >= 0.3 is 11.7 Å². The Hall–Kier alpha value is -1.80. The molecule has 0 aromatic carbocycles. The van der Waals surface area contributed by atoms with Crippen LogP contribution >= 0.6 is 12.4 Å². The summed E-state index contributed by atoms with van der Waals surface area (Å²) in [5.74, 6) is 1.15. The highest BCUT2D eigenvalue weighted by Crippen LogP contribution is 2.21. The minimum absolute atomic E-state index is 0. The van der Waals surface area contributed by atoms with Crippen molar-refractivity contribution in [1.29, 1.82) is 0 Å². The Balaban J connectivity index is 0.00000300. The zero-order valence-corrected chi connectivity index (χ0v) is 18.2. The molecule has 1 fully saturated rings. The number of halogens is 1. The Kier molecular flexibility index (Phi) is 9.73. The van der Waals surface area contributed by atoms with E-state index in [9.17, 15) is 4.79 Å². The van der Waals surface area contributed by atoms with Gasteiger partial charge in [0.05, 0.1) is 6.61 Å². The quantitative estimate of drug-likeness (QED) is 0.475. The van der Waals surface area contributed by atoms with Crippen LogP contribution in [0.2, 0.25) is 0 Å². The minimum atomic E-state index is -0.184. The molecule has 2 aromatic rings. The number of piperidine rings is 1. The van der Waals surface area contributed by atoms with Gasteiger partial charge in [-0.2, -0.15) is 9.97 Å². The van der Waals surface area contributed by atoms with Crippen molar-refractivity contribution in [2.24, 2.45) is 5.92 Å². The fraction of sp³-hybridized carbons (Fsp3) is 0.750. The predicted octanol–water partition coefficient (Wildman–Crippen LogP) is 3.25. The van der Waals surface area contributed by atoms with Crippen molar-refractivity contribution in [2.75, 3.05) is 25.4 Å². The van der Waals surface area contributed by atoms with Gasteiger partial charge in [-0.3, -0.25) is 4.57 Å². The normalized spacial score (nSPS) is 14.8. The second kappa shape index (κ2) is 12.0. The zero-order valence-electron chi connectivity index (χ0n) is 17.4. The Labute approximate surface area is 178 Å². The van der Waals surface area contributed by atoms with Gasteiger partial charge in [-0.15, -0.1) is 12.4 Å². The first kappa shape index (κ1) is 23.5. The van der Waals surface area contributed by atoms with Crippen LogP contribution in [0.25, 0.3) is 11.2 Å². The third kappa shape index (κ3) is 6.60. The van der Waals surface area contributed by atoms with Gasteiger partial charge < -0.3 is 20.8 Å². The van der Waals surface area contributed by atoms with Crippen LogP contribution in [-0.4, -0.2) is 39.2 Å². The van der Waals surface area contributed by atoms with Crippen molar-refractivity contribution >= 4 is 29.4 Å². The molecule has 1 aliphatic heterocycles. The van der Waals surface area contributed by atoms with E-state index in [1.165, 1.54) is 45.2 Å². The largest absolute Gasteiger partial charge is 0.463 e. The topological polar surface area (TPSA) is 111 Å². The number of unbranched alkanes of at least 4 members (excludes halogenated alkanes) is 4. The number of hydrogen-bond donors (Lipinski definition) is 3. The molecule has 0 unspecified atom stereocenters. The average molecular weight is 427 g/mol. The summed E-state index contributed by atoms with van der Waals surface area (Å²) in [6.07, 6.45) is 10.5. The number of anilines is 1. The van der Waals surface area contributed by atoms with Crippen molar-refractivity contribution in [2.45, 2.75) is 71.3 Å². The Morgan fingerprint density at radius 3 is 2.66 bits per heavy atom. The summed E-state index contributed by atoms with van der Waals surface area (Å²) in [4.78, 5) is 23.7. The van der Waals surface area contributed by atoms with E-state index in [4.69, 9.17) is 10.5 Å². The molecule has 4 N–H and O–H groups in total. The van der Waals surface area contributed by atoms with E-state index < -0.39 is 0 Å². The molecule has 3 heterocycles. The van der Waals surface area contributed by atoms with Crippen molar-refractivity contribution in [3.05, 3.63) is 10.5 Å². The van der Waals surface area contributed by atoms with E-state index in [0.29, 0.717) is 24.3 Å². The lowest BCUT2D eigenvalue weighted by Gasteiger charge is -2.22. The van der Waals surface area contributed by atoms with E-state index in [1.807, 2.05) is 0 Å². The number of hydrogen-bond acceptors (Lipinski definition) is 6. The van der Waals surface area contributed by atoms with Crippen LogP contribution in [0.5, 0.6) is 6.01 Å². The Morgan fingerprint density at radius 2 is 1.90 bits per heavy atom. The molecule has 3 rings (SSSR count). The average Bonchev–Trinajstić information content (AvgIpc) is 3.02. The SMILES string of the molecule is CCCCOc1nc(N)c2[nH]c(=O)n(CCCCCCC3CCNCC3)c2n1.Cl. The first-order valence-electron chi connectivity index (χ1n) is 10.8. The molecule has 8 nitrogen and oxygen atoms in total. The molecule has 0 radical (unpaired) electrons. The molecule has 29 heavy (non-hydrogen) atoms. The van der Waals surface area contributed by atoms with E-state index in [0.717, 1.165) is 31.6 Å². The standard InChI is InChI=1S/C20H34N6O2.ClH/c1-2-3-14-28-19-24-17(21)16-18(25-19)26(20(27)23-16)13-7-5-4-6-8-15-9-11-22-12-10-15;/h15,22H,2-14H2,1H3,(H,23,27)(H2,21,24,25);1H. The fourth-order valence-electron chi connectivity index (χ4n) is 3.84. The lowest BCUT2D eigenvalue weighted by atomic mass is 9.92. The second-order valence-corrected chi connectivity index (χ2v) is 7.77. The Morgan fingerprint density at radius 1 is 1.14 bits per heavy atom. The minimum Gasteiger partial charge on any atom is -0.463 e. The third-order valence-electron chi connectivity index (χ3n) is 5.56. The molecule has 0 aliphatic carbocycles. The molecule has 9 heteroatoms. The van der Waals surface area contributed by atoms with E-state index in [2.05, 4.69) is 27.2 Å². The molecule has 0 saturated carbocycles. The van der Waals surface area contributed by atoms with Crippen LogP contribution < -0.4 is 21.5 Å². The molecular weight excluding hydrogens is 392 g/mol. The highest BCUT2D eigenvalue weighted by atomic mass is 35.5. The monoisotopic (exact) mass is 426 g/mol. The number of aryl methyl sites for hydroxylation is 1. The molecule has 0 bridgehead atoms. The van der Waals surface area contributed by atoms with Crippen LogP contribution in [-0.2, 0) is 6.54 Å². The number of aromatic amines is 1. The molecule has 1 saturated heterocycles. The van der Waals surface area contributed by atoms with Crippen LogP contribution in [0.3, 0.4) is 0 Å². The van der Waals surface area contributed by atoms with Crippen LogP contribution in [0.15, 0.2) is 4.79 Å². The highest BCUT2D eigenvalue weighted by Gasteiger charge is 2.15. The van der Waals surface area contributed by atoms with Crippen molar-refractivity contribution in [1.82, 2.24) is 24.8 Å². The summed E-state index contributed by atoms with van der Waals surface area (Å²) in [7, 11) is 0. The van der Waals surface area contributed by atoms with E-state index >= 15 is 0 Å². The van der Waals surface area contributed by atoms with Crippen molar-refractivity contribution in [3.8, 4) is 6.01 Å². The van der Waals surface area contributed by atoms with Gasteiger partial charge in [0.15, 0.2) is 11.5 Å². The van der Waals surface area contributed by atoms with Crippen LogP contribution in [0.1, 0.15) is 64.7 Å². The number of nitrogens with two attached hydrogens (primary N) is 1. The molecule has 2 aromatic heterocycles. The number of ether oxygens (including phenoxy) is 1. The molecule has 0 spiro atoms. The van der Waals surface area contributed by atoms with Gasteiger partial charge in [0.2, 0.25) is 0 Å². The maximum atomic E-state index is 12.3. The van der Waals surface area contributed by atoms with Crippen molar-refractivity contribution < 1.29 is 4.74 Å². The summed E-state index contributed by atoms with van der Waals surface area (Å²) >= 11 is 0. The molecule has 0 atom stereocenters. The zero-order chi connectivity index (χ0) is 19.8. The number of nitrogens with one attached hydrogen (secondary N) is 2. The maximum absolute atomic E-state index is 12.3. The number of rotatable bonds is 11. The summed E-state index contributed by atoms with van der Waals surface area (Å²) in [5, 5.41) is 3.42. The van der Waals surface area contributed by atoms with Gasteiger partial charge in [-0.1, -0.05) is 39.0 Å². The number of imidazole rings is 1.